The monoisotopic (exact) mass is 609 g/mol. The van der Waals surface area contributed by atoms with Crippen molar-refractivity contribution >= 4 is 17.6 Å². The van der Waals surface area contributed by atoms with Gasteiger partial charge >= 0.3 is 5.97 Å². The molecular weight excluding hydrogens is 572 g/mol. The van der Waals surface area contributed by atoms with Crippen LogP contribution in [-0.4, -0.2) is 58.6 Å². The lowest BCUT2D eigenvalue weighted by Gasteiger charge is -2.43. The minimum Gasteiger partial charge on any atom is -0.478 e. The fourth-order valence-electron chi connectivity index (χ4n) is 6.93. The average molecular weight is 610 g/mol. The van der Waals surface area contributed by atoms with Gasteiger partial charge in [-0.1, -0.05) is 54.6 Å². The smallest absolute Gasteiger partial charge is 0.335 e. The molecule has 0 saturated carbocycles. The van der Waals surface area contributed by atoms with Crippen molar-refractivity contribution in [2.75, 3.05) is 31.2 Å². The Balaban J connectivity index is 1.14. The number of hydrogen-bond acceptors (Lipinski definition) is 4. The van der Waals surface area contributed by atoms with E-state index in [4.69, 9.17) is 0 Å². The van der Waals surface area contributed by atoms with Crippen LogP contribution in [0.5, 0.6) is 0 Å². The molecule has 0 atom stereocenters. The first-order chi connectivity index (χ1) is 21.8. The standard InChI is InChI=1S/C37H37F2N3O3/c38-31-15-11-28(12-16-31)34(29-13-17-32(39)18-14-29)10-5-21-40-22-19-37(20-23-40)36(45)41(26-42(37)33-8-2-1-3-9-33)25-27-6-4-7-30(24-27)35(43)44/h1-4,6-9,11-18,24,34H,5,10,19-23,25-26H2,(H,43,44). The number of hydrogen-bond donors (Lipinski definition) is 1. The van der Waals surface area contributed by atoms with Crippen LogP contribution in [0.4, 0.5) is 14.5 Å². The predicted molar refractivity (Wildman–Crippen MR) is 170 cm³/mol. The van der Waals surface area contributed by atoms with Crippen molar-refractivity contribution < 1.29 is 23.5 Å². The van der Waals surface area contributed by atoms with Crippen LogP contribution < -0.4 is 4.90 Å². The summed E-state index contributed by atoms with van der Waals surface area (Å²) in [6.07, 6.45) is 3.10. The maximum Gasteiger partial charge on any atom is 0.335 e. The van der Waals surface area contributed by atoms with E-state index < -0.39 is 11.5 Å². The van der Waals surface area contributed by atoms with Crippen LogP contribution in [0.2, 0.25) is 0 Å². The number of aromatic carboxylic acids is 1. The first-order valence-electron chi connectivity index (χ1n) is 15.5. The molecule has 0 aliphatic carbocycles. The predicted octanol–water partition coefficient (Wildman–Crippen LogP) is 6.92. The van der Waals surface area contributed by atoms with E-state index in [1.807, 2.05) is 65.6 Å². The summed E-state index contributed by atoms with van der Waals surface area (Å²) in [5, 5.41) is 9.44. The molecule has 1 N–H and O–H groups in total. The summed E-state index contributed by atoms with van der Waals surface area (Å²) >= 11 is 0. The van der Waals surface area contributed by atoms with E-state index in [2.05, 4.69) is 9.80 Å². The Bertz CT molecular complexity index is 1580. The van der Waals surface area contributed by atoms with Crippen molar-refractivity contribution in [1.82, 2.24) is 9.80 Å². The SMILES string of the molecule is O=C(O)c1cccc(CN2CN(c3ccccc3)C3(CCN(CCCC(c4ccc(F)cc4)c4ccc(F)cc4)CC3)C2=O)c1. The molecule has 0 aromatic heterocycles. The van der Waals surface area contributed by atoms with E-state index in [0.29, 0.717) is 26.1 Å². The highest BCUT2D eigenvalue weighted by Crippen LogP contribution is 2.40. The van der Waals surface area contributed by atoms with Crippen LogP contribution in [0, 0.1) is 11.6 Å². The molecule has 2 heterocycles. The van der Waals surface area contributed by atoms with Gasteiger partial charge in [-0.05, 0) is 97.4 Å². The van der Waals surface area contributed by atoms with Crippen molar-refractivity contribution in [2.24, 2.45) is 0 Å². The van der Waals surface area contributed by atoms with Crippen LogP contribution in [0.1, 0.15) is 58.6 Å². The topological polar surface area (TPSA) is 64.1 Å². The summed E-state index contributed by atoms with van der Waals surface area (Å²) in [5.74, 6) is -1.43. The first-order valence-corrected chi connectivity index (χ1v) is 15.5. The van der Waals surface area contributed by atoms with Gasteiger partial charge in [0.1, 0.15) is 17.2 Å². The summed E-state index contributed by atoms with van der Waals surface area (Å²) < 4.78 is 27.3. The Kier molecular flexibility index (Phi) is 8.94. The normalized spacial score (nSPS) is 16.6. The van der Waals surface area contributed by atoms with Gasteiger partial charge in [0.05, 0.1) is 12.2 Å². The maximum absolute atomic E-state index is 14.2. The molecule has 45 heavy (non-hydrogen) atoms. The molecule has 6 rings (SSSR count). The summed E-state index contributed by atoms with van der Waals surface area (Å²) in [5.41, 5.74) is 3.36. The Labute approximate surface area is 262 Å². The van der Waals surface area contributed by atoms with Crippen LogP contribution in [0.25, 0.3) is 0 Å². The number of rotatable bonds is 10. The number of nitrogens with zero attached hydrogens (tertiary/aromatic N) is 3. The second-order valence-corrected chi connectivity index (χ2v) is 12.1. The molecule has 232 valence electrons. The van der Waals surface area contributed by atoms with Crippen molar-refractivity contribution in [1.29, 1.82) is 0 Å². The lowest BCUT2D eigenvalue weighted by molar-refractivity contribution is -0.134. The number of benzene rings is 4. The number of carboxylic acid groups (broad SMARTS) is 1. The molecule has 0 unspecified atom stereocenters. The molecular formula is C37H37F2N3O3. The molecule has 1 spiro atoms. The highest BCUT2D eigenvalue weighted by molar-refractivity contribution is 5.93. The summed E-state index contributed by atoms with van der Waals surface area (Å²) in [6.45, 7) is 3.20. The van der Waals surface area contributed by atoms with Crippen LogP contribution in [-0.2, 0) is 11.3 Å². The molecule has 6 nitrogen and oxygen atoms in total. The van der Waals surface area contributed by atoms with Gasteiger partial charge in [-0.2, -0.15) is 0 Å². The lowest BCUT2D eigenvalue weighted by Crippen LogP contribution is -2.56. The van der Waals surface area contributed by atoms with Gasteiger partial charge in [-0.25, -0.2) is 13.6 Å². The molecule has 1 amide bonds. The van der Waals surface area contributed by atoms with Crippen molar-refractivity contribution in [3.63, 3.8) is 0 Å². The largest absolute Gasteiger partial charge is 0.478 e. The van der Waals surface area contributed by atoms with Gasteiger partial charge in [0.25, 0.3) is 0 Å². The summed E-state index contributed by atoms with van der Waals surface area (Å²) in [6, 6.07) is 29.9. The van der Waals surface area contributed by atoms with Crippen LogP contribution in [0.3, 0.4) is 0 Å². The average Bonchev–Trinajstić information content (AvgIpc) is 3.32. The highest BCUT2D eigenvalue weighted by atomic mass is 19.1. The fraction of sp³-hybridized carbons (Fsp3) is 0.297. The van der Waals surface area contributed by atoms with Gasteiger partial charge in [-0.15, -0.1) is 0 Å². The third-order valence-electron chi connectivity index (χ3n) is 9.32. The highest BCUT2D eigenvalue weighted by Gasteiger charge is 2.53. The number of halogens is 2. The molecule has 2 aliphatic rings. The Hall–Kier alpha value is -4.56. The third kappa shape index (κ3) is 6.61. The maximum atomic E-state index is 14.2. The zero-order valence-corrected chi connectivity index (χ0v) is 25.1. The van der Waals surface area contributed by atoms with E-state index in [-0.39, 0.29) is 29.0 Å². The number of carboxylic acids is 1. The number of anilines is 1. The molecule has 2 fully saturated rings. The van der Waals surface area contributed by atoms with Gasteiger partial charge < -0.3 is 19.8 Å². The number of likely N-dealkylation sites (tertiary alicyclic amines) is 1. The number of amides is 1. The van der Waals surface area contributed by atoms with Gasteiger partial charge in [0.15, 0.2) is 0 Å². The number of para-hydroxylation sites is 1. The quantitative estimate of drug-likeness (QED) is 0.212. The second-order valence-electron chi connectivity index (χ2n) is 12.1. The van der Waals surface area contributed by atoms with Gasteiger partial charge in [0, 0.05) is 31.2 Å². The van der Waals surface area contributed by atoms with E-state index >= 15 is 0 Å². The van der Waals surface area contributed by atoms with Crippen molar-refractivity contribution in [3.8, 4) is 0 Å². The van der Waals surface area contributed by atoms with Gasteiger partial charge in [0.2, 0.25) is 5.91 Å². The summed E-state index contributed by atoms with van der Waals surface area (Å²) in [7, 11) is 0. The second kappa shape index (κ2) is 13.2. The summed E-state index contributed by atoms with van der Waals surface area (Å²) in [4.78, 5) is 32.2. The lowest BCUT2D eigenvalue weighted by atomic mass is 9.84. The van der Waals surface area contributed by atoms with Crippen molar-refractivity contribution in [3.05, 3.63) is 137 Å². The molecule has 8 heteroatoms. The van der Waals surface area contributed by atoms with Gasteiger partial charge in [-0.3, -0.25) is 4.79 Å². The number of piperidine rings is 1. The molecule has 4 aromatic rings. The number of carbonyl (C=O) groups is 2. The van der Waals surface area contributed by atoms with E-state index in [1.54, 1.807) is 18.2 Å². The van der Waals surface area contributed by atoms with Crippen LogP contribution in [0.15, 0.2) is 103 Å². The molecule has 0 bridgehead atoms. The fourth-order valence-corrected chi connectivity index (χ4v) is 6.93. The molecule has 4 aromatic carbocycles. The van der Waals surface area contributed by atoms with Crippen LogP contribution >= 0.6 is 0 Å². The molecule has 0 radical (unpaired) electrons. The molecule has 2 saturated heterocycles. The zero-order chi connectivity index (χ0) is 31.4. The minimum atomic E-state index is -0.985. The van der Waals surface area contributed by atoms with E-state index in [1.165, 1.54) is 24.3 Å². The van der Waals surface area contributed by atoms with E-state index in [0.717, 1.165) is 54.9 Å². The third-order valence-corrected chi connectivity index (χ3v) is 9.32. The Morgan fingerprint density at radius 1 is 0.822 bits per heavy atom. The number of carbonyl (C=O) groups excluding carboxylic acids is 1. The minimum absolute atomic E-state index is 0.0282. The van der Waals surface area contributed by atoms with E-state index in [9.17, 15) is 23.5 Å². The Morgan fingerprint density at radius 2 is 1.44 bits per heavy atom. The Morgan fingerprint density at radius 3 is 2.04 bits per heavy atom. The zero-order valence-electron chi connectivity index (χ0n) is 25.1. The molecule has 2 aliphatic heterocycles. The first kappa shape index (κ1) is 30.5. The van der Waals surface area contributed by atoms with Crippen molar-refractivity contribution in [2.45, 2.75) is 43.7 Å².